The Morgan fingerprint density at radius 3 is 2.60 bits per heavy atom. The van der Waals surface area contributed by atoms with Crippen molar-refractivity contribution >= 4 is 16.8 Å². The third kappa shape index (κ3) is 4.57. The quantitative estimate of drug-likeness (QED) is 0.351. The van der Waals surface area contributed by atoms with Gasteiger partial charge in [-0.3, -0.25) is 4.79 Å². The summed E-state index contributed by atoms with van der Waals surface area (Å²) in [5, 5.41) is -0.337. The highest BCUT2D eigenvalue weighted by atomic mass is 35.5. The number of unbranched alkanes of at least 4 members (excludes halogenated alkanes) is 2. The minimum absolute atomic E-state index is 0.337. The van der Waals surface area contributed by atoms with E-state index in [9.17, 15) is 4.79 Å². The lowest BCUT2D eigenvalue weighted by Gasteiger charge is -1.91. The first-order valence-corrected chi connectivity index (χ1v) is 3.93. The molecule has 0 heterocycles. The van der Waals surface area contributed by atoms with Crippen LogP contribution >= 0.6 is 11.6 Å². The summed E-state index contributed by atoms with van der Waals surface area (Å²) in [5.41, 5.74) is 0.662. The largest absolute Gasteiger partial charge is 0.276 e. The molecule has 0 saturated heterocycles. The second-order valence-electron chi connectivity index (χ2n) is 2.30. The molecule has 10 heavy (non-hydrogen) atoms. The number of rotatable bonds is 4. The van der Waals surface area contributed by atoms with Crippen molar-refractivity contribution in [3.05, 3.63) is 11.6 Å². The van der Waals surface area contributed by atoms with E-state index < -0.39 is 0 Å². The van der Waals surface area contributed by atoms with E-state index in [2.05, 4.69) is 6.92 Å². The Labute approximate surface area is 67.1 Å². The molecule has 0 saturated carbocycles. The number of hydrogen-bond acceptors (Lipinski definition) is 1. The molecule has 2 heteroatoms. The number of carbonyl (C=O) groups is 1. The van der Waals surface area contributed by atoms with Crippen LogP contribution in [0, 0.1) is 0 Å². The zero-order valence-electron chi connectivity index (χ0n) is 6.48. The topological polar surface area (TPSA) is 17.1 Å². The maximum atomic E-state index is 10.4. The van der Waals surface area contributed by atoms with Gasteiger partial charge in [-0.2, -0.15) is 0 Å². The summed E-state index contributed by atoms with van der Waals surface area (Å²) in [5.74, 6) is 0. The van der Waals surface area contributed by atoms with Gasteiger partial charge in [-0.1, -0.05) is 25.8 Å². The summed E-state index contributed by atoms with van der Waals surface area (Å²) in [6.07, 6.45) is 5.13. The fourth-order valence-electron chi connectivity index (χ4n) is 0.603. The van der Waals surface area contributed by atoms with Gasteiger partial charge in [0.1, 0.15) is 0 Å². The first kappa shape index (κ1) is 9.70. The number of allylic oxidation sites excluding steroid dienone is 2. The molecular formula is C8H13ClO. The molecule has 0 aliphatic carbocycles. The number of carbonyl (C=O) groups excluding carboxylic acids is 1. The maximum absolute atomic E-state index is 10.4. The van der Waals surface area contributed by atoms with E-state index >= 15 is 0 Å². The van der Waals surface area contributed by atoms with Gasteiger partial charge in [0.05, 0.1) is 0 Å². The molecule has 0 aliphatic rings. The third-order valence-electron chi connectivity index (χ3n) is 1.32. The molecule has 0 radical (unpaired) electrons. The highest BCUT2D eigenvalue weighted by Crippen LogP contribution is 2.03. The molecule has 1 nitrogen and oxygen atoms in total. The minimum atomic E-state index is -0.337. The molecule has 0 aromatic rings. The van der Waals surface area contributed by atoms with Crippen LogP contribution in [0.15, 0.2) is 11.6 Å². The zero-order valence-corrected chi connectivity index (χ0v) is 7.24. The molecule has 0 bridgehead atoms. The Hall–Kier alpha value is -0.300. The lowest BCUT2D eigenvalue weighted by atomic mass is 10.2. The first-order chi connectivity index (χ1) is 4.68. The Balaban J connectivity index is 3.58. The average Bonchev–Trinajstić information content (AvgIpc) is 1.88. The van der Waals surface area contributed by atoms with E-state index in [0.717, 1.165) is 19.3 Å². The Morgan fingerprint density at radius 2 is 2.20 bits per heavy atom. The van der Waals surface area contributed by atoms with E-state index in [-0.39, 0.29) is 5.24 Å². The van der Waals surface area contributed by atoms with Crippen molar-refractivity contribution in [3.63, 3.8) is 0 Å². The highest BCUT2D eigenvalue weighted by Gasteiger charge is 1.95. The van der Waals surface area contributed by atoms with Gasteiger partial charge >= 0.3 is 0 Å². The van der Waals surface area contributed by atoms with Crippen LogP contribution in [-0.2, 0) is 4.79 Å². The predicted molar refractivity (Wildman–Crippen MR) is 44.1 cm³/mol. The van der Waals surface area contributed by atoms with Crippen molar-refractivity contribution in [1.29, 1.82) is 0 Å². The van der Waals surface area contributed by atoms with Crippen molar-refractivity contribution in [2.75, 3.05) is 0 Å². The summed E-state index contributed by atoms with van der Waals surface area (Å²) < 4.78 is 0. The monoisotopic (exact) mass is 160 g/mol. The molecule has 0 unspecified atom stereocenters. The van der Waals surface area contributed by atoms with Gasteiger partial charge in [-0.05, 0) is 24.9 Å². The predicted octanol–water partition coefficient (Wildman–Crippen LogP) is 2.89. The Kier molecular flexibility index (Phi) is 5.32. The normalized spacial score (nSPS) is 11.7. The van der Waals surface area contributed by atoms with E-state index in [1.807, 2.05) is 6.08 Å². The summed E-state index contributed by atoms with van der Waals surface area (Å²) in [6, 6.07) is 0. The van der Waals surface area contributed by atoms with Crippen LogP contribution in [0.1, 0.15) is 33.1 Å². The van der Waals surface area contributed by atoms with Gasteiger partial charge in [0, 0.05) is 5.57 Å². The summed E-state index contributed by atoms with van der Waals surface area (Å²) in [7, 11) is 0. The molecule has 0 rings (SSSR count). The van der Waals surface area contributed by atoms with Crippen molar-refractivity contribution in [3.8, 4) is 0 Å². The van der Waals surface area contributed by atoms with E-state index in [4.69, 9.17) is 11.6 Å². The number of halogens is 1. The zero-order chi connectivity index (χ0) is 7.98. The molecule has 0 atom stereocenters. The van der Waals surface area contributed by atoms with Gasteiger partial charge in [-0.15, -0.1) is 0 Å². The van der Waals surface area contributed by atoms with Crippen molar-refractivity contribution < 1.29 is 4.79 Å². The molecular weight excluding hydrogens is 148 g/mol. The van der Waals surface area contributed by atoms with Crippen LogP contribution in [0.5, 0.6) is 0 Å². The van der Waals surface area contributed by atoms with Crippen molar-refractivity contribution in [2.24, 2.45) is 0 Å². The first-order valence-electron chi connectivity index (χ1n) is 3.55. The molecule has 0 aromatic heterocycles. The van der Waals surface area contributed by atoms with Gasteiger partial charge in [0.2, 0.25) is 5.24 Å². The van der Waals surface area contributed by atoms with Gasteiger partial charge < -0.3 is 0 Å². The molecule has 58 valence electrons. The average molecular weight is 161 g/mol. The van der Waals surface area contributed by atoms with Crippen LogP contribution in [0.25, 0.3) is 0 Å². The standard InChI is InChI=1S/C8H13ClO/c1-3-4-5-6-7(2)8(9)10/h6H,3-5H2,1-2H3/b7-6+. The van der Waals surface area contributed by atoms with Crippen LogP contribution < -0.4 is 0 Å². The fraction of sp³-hybridized carbons (Fsp3) is 0.625. The van der Waals surface area contributed by atoms with Crippen molar-refractivity contribution in [1.82, 2.24) is 0 Å². The highest BCUT2D eigenvalue weighted by molar-refractivity contribution is 6.67. The number of hydrogen-bond donors (Lipinski definition) is 0. The lowest BCUT2D eigenvalue weighted by Crippen LogP contribution is -1.86. The molecule has 0 spiro atoms. The van der Waals surface area contributed by atoms with Gasteiger partial charge in [-0.25, -0.2) is 0 Å². The van der Waals surface area contributed by atoms with Gasteiger partial charge in [0.15, 0.2) is 0 Å². The van der Waals surface area contributed by atoms with Crippen LogP contribution in [-0.4, -0.2) is 5.24 Å². The summed E-state index contributed by atoms with van der Waals surface area (Å²) in [4.78, 5) is 10.4. The fourth-order valence-corrected chi connectivity index (χ4v) is 0.680. The Bertz CT molecular complexity index is 138. The summed E-state index contributed by atoms with van der Waals surface area (Å²) >= 11 is 5.20. The Morgan fingerprint density at radius 1 is 1.60 bits per heavy atom. The minimum Gasteiger partial charge on any atom is -0.276 e. The maximum Gasteiger partial charge on any atom is 0.247 e. The molecule has 0 amide bonds. The summed E-state index contributed by atoms with van der Waals surface area (Å²) in [6.45, 7) is 3.86. The second kappa shape index (κ2) is 5.48. The van der Waals surface area contributed by atoms with Crippen molar-refractivity contribution in [2.45, 2.75) is 33.1 Å². The molecule has 0 N–H and O–H groups in total. The van der Waals surface area contributed by atoms with Crippen LogP contribution in [0.4, 0.5) is 0 Å². The molecule has 0 aromatic carbocycles. The molecule has 0 aliphatic heterocycles. The van der Waals surface area contributed by atoms with E-state index in [0.29, 0.717) is 5.57 Å². The van der Waals surface area contributed by atoms with E-state index in [1.165, 1.54) is 0 Å². The smallest absolute Gasteiger partial charge is 0.247 e. The SMILES string of the molecule is CCCC/C=C(\C)C(=O)Cl. The lowest BCUT2D eigenvalue weighted by molar-refractivity contribution is -0.108. The van der Waals surface area contributed by atoms with Gasteiger partial charge in [0.25, 0.3) is 0 Å². The van der Waals surface area contributed by atoms with Crippen LogP contribution in [0.3, 0.4) is 0 Å². The third-order valence-corrected chi connectivity index (χ3v) is 1.62. The van der Waals surface area contributed by atoms with Crippen LogP contribution in [0.2, 0.25) is 0 Å². The van der Waals surface area contributed by atoms with E-state index in [1.54, 1.807) is 6.92 Å². The molecule has 0 fully saturated rings. The second-order valence-corrected chi connectivity index (χ2v) is 2.65.